The molecular weight excluding hydrogens is 284 g/mol. The number of carbonyl (C=O) groups excluding carboxylic acids is 1. The van der Waals surface area contributed by atoms with E-state index in [1.165, 1.54) is 11.1 Å². The number of rotatable bonds is 2. The van der Waals surface area contributed by atoms with Crippen molar-refractivity contribution in [2.75, 3.05) is 0 Å². The quantitative estimate of drug-likeness (QED) is 0.758. The average Bonchev–Trinajstić information content (AvgIpc) is 2.59. The molecule has 2 aromatic carbocycles. The Morgan fingerprint density at radius 3 is 1.26 bits per heavy atom. The highest BCUT2D eigenvalue weighted by Crippen LogP contribution is 2.30. The van der Waals surface area contributed by atoms with Crippen molar-refractivity contribution in [3.8, 4) is 0 Å². The van der Waals surface area contributed by atoms with Gasteiger partial charge in [0.05, 0.1) is 6.92 Å². The molecule has 0 fully saturated rings. The zero-order valence-electron chi connectivity index (χ0n) is 15.3. The van der Waals surface area contributed by atoms with Crippen LogP contribution < -0.4 is 5.11 Å². The van der Waals surface area contributed by atoms with Crippen LogP contribution >= 0.6 is 0 Å². The number of carbonyl (C=O) groups is 1. The van der Waals surface area contributed by atoms with Crippen molar-refractivity contribution in [3.05, 3.63) is 78.7 Å². The van der Waals surface area contributed by atoms with Gasteiger partial charge in [-0.3, -0.25) is 0 Å². The second kappa shape index (κ2) is 13.4. The van der Waals surface area contributed by atoms with E-state index in [1.54, 1.807) is 0 Å². The van der Waals surface area contributed by atoms with E-state index in [4.69, 9.17) is 9.90 Å². The Bertz CT molecular complexity index is 456. The molecule has 0 spiro atoms. The fraction of sp³-hybridized carbons (Fsp3) is 0.333. The van der Waals surface area contributed by atoms with E-state index in [-0.39, 0.29) is 5.41 Å². The molecule has 2 heteroatoms. The van der Waals surface area contributed by atoms with Crippen LogP contribution in [0.5, 0.6) is 0 Å². The lowest BCUT2D eigenvalue weighted by Crippen LogP contribution is -2.18. The first-order chi connectivity index (χ1) is 10.9. The van der Waals surface area contributed by atoms with E-state index >= 15 is 0 Å². The summed E-state index contributed by atoms with van der Waals surface area (Å²) in [5.41, 5.74) is 2.33. The van der Waals surface area contributed by atoms with Crippen LogP contribution in [0.3, 0.4) is 0 Å². The fourth-order valence-corrected chi connectivity index (χ4v) is 1.78. The molecule has 126 valence electrons. The van der Waals surface area contributed by atoms with Crippen LogP contribution in [0.4, 0.5) is 0 Å². The van der Waals surface area contributed by atoms with Crippen molar-refractivity contribution in [2.24, 2.45) is 0 Å². The van der Waals surface area contributed by atoms with Crippen molar-refractivity contribution < 1.29 is 9.90 Å². The van der Waals surface area contributed by atoms with Crippen LogP contribution in [0.2, 0.25) is 0 Å². The molecule has 0 aliphatic carbocycles. The van der Waals surface area contributed by atoms with Crippen LogP contribution in [-0.4, -0.2) is 5.97 Å². The third-order valence-corrected chi connectivity index (χ3v) is 2.82. The topological polar surface area (TPSA) is 40.1 Å². The lowest BCUT2D eigenvalue weighted by atomic mass is 9.78. The van der Waals surface area contributed by atoms with E-state index in [0.717, 1.165) is 6.92 Å². The second-order valence-corrected chi connectivity index (χ2v) is 4.56. The highest BCUT2D eigenvalue weighted by molar-refractivity contribution is 5.60. The van der Waals surface area contributed by atoms with Gasteiger partial charge in [-0.05, 0) is 13.8 Å². The standard InChI is InChI=1S/C15H15.C2H4O2.2C2H6/c1-15(2,13-9-5-3-6-10-13)14-11-7-4-8-12-14;1-2(3)4;2*1-2/h3-12H,1H2,2H3;1H3,(H,3,4);2*1-2H3/q+1;;;/p-1. The zero-order chi connectivity index (χ0) is 18.3. The fourth-order valence-electron chi connectivity index (χ4n) is 1.78. The van der Waals surface area contributed by atoms with E-state index in [1.807, 2.05) is 39.8 Å². The maximum atomic E-state index is 8.89. The van der Waals surface area contributed by atoms with Crippen molar-refractivity contribution in [3.63, 3.8) is 0 Å². The number of hydrogen-bond donors (Lipinski definition) is 0. The second-order valence-electron chi connectivity index (χ2n) is 4.56. The summed E-state index contributed by atoms with van der Waals surface area (Å²) in [6, 6.07) is 20.8. The molecule has 0 unspecified atom stereocenters. The first-order valence-corrected chi connectivity index (χ1v) is 8.08. The first kappa shape index (κ1) is 23.1. The average molecular weight is 314 g/mol. The smallest absolute Gasteiger partial charge is 0.152 e. The van der Waals surface area contributed by atoms with Gasteiger partial charge >= 0.3 is 0 Å². The SMILES string of the molecule is CC.CC.CC(=O)[O-].[CH2+]C(C)(c1ccccc1)c1ccccc1. The molecule has 0 aromatic heterocycles. The molecule has 0 heterocycles. The van der Waals surface area contributed by atoms with Gasteiger partial charge in [0.1, 0.15) is 0 Å². The van der Waals surface area contributed by atoms with Crippen molar-refractivity contribution in [1.29, 1.82) is 0 Å². The number of carboxylic acid groups (broad SMARTS) is 1. The summed E-state index contributed by atoms with van der Waals surface area (Å²) in [7, 11) is 0. The van der Waals surface area contributed by atoms with Crippen molar-refractivity contribution in [1.82, 2.24) is 0 Å². The van der Waals surface area contributed by atoms with Gasteiger partial charge in [-0.25, -0.2) is 0 Å². The minimum absolute atomic E-state index is 0.164. The van der Waals surface area contributed by atoms with Gasteiger partial charge in [-0.15, -0.1) is 0 Å². The van der Waals surface area contributed by atoms with Crippen LogP contribution in [0.25, 0.3) is 0 Å². The Kier molecular flexibility index (Phi) is 13.5. The molecule has 0 saturated carbocycles. The largest absolute Gasteiger partial charge is 0.550 e. The number of hydrogen-bond acceptors (Lipinski definition) is 2. The third kappa shape index (κ3) is 9.41. The third-order valence-electron chi connectivity index (χ3n) is 2.82. The summed E-state index contributed by atoms with van der Waals surface area (Å²) in [6.45, 7) is 15.4. The predicted octanol–water partition coefficient (Wildman–Crippen LogP) is 4.64. The summed E-state index contributed by atoms with van der Waals surface area (Å²) < 4.78 is 0. The number of aliphatic carboxylic acids is 1. The summed E-state index contributed by atoms with van der Waals surface area (Å²) in [5, 5.41) is 8.89. The van der Waals surface area contributed by atoms with E-state index < -0.39 is 5.97 Å². The van der Waals surface area contributed by atoms with Gasteiger partial charge < -0.3 is 9.90 Å². The normalized spacial score (nSPS) is 8.96. The van der Waals surface area contributed by atoms with Crippen LogP contribution in [-0.2, 0) is 10.2 Å². The molecule has 23 heavy (non-hydrogen) atoms. The van der Waals surface area contributed by atoms with Gasteiger partial charge in [0, 0.05) is 17.1 Å². The minimum Gasteiger partial charge on any atom is -0.550 e. The molecule has 2 nitrogen and oxygen atoms in total. The number of benzene rings is 2. The molecule has 0 bridgehead atoms. The highest BCUT2D eigenvalue weighted by Gasteiger charge is 2.29. The molecule has 0 saturated heterocycles. The first-order valence-electron chi connectivity index (χ1n) is 8.08. The monoisotopic (exact) mass is 314 g/mol. The van der Waals surface area contributed by atoms with Gasteiger partial charge in [0.2, 0.25) is 0 Å². The molecular formula is C21H30O2. The summed E-state index contributed by atoms with van der Waals surface area (Å²) >= 11 is 0. The van der Waals surface area contributed by atoms with Crippen LogP contribution in [0.1, 0.15) is 52.7 Å². The number of carboxylic acids is 1. The van der Waals surface area contributed by atoms with Crippen LogP contribution in [0, 0.1) is 6.92 Å². The lowest BCUT2D eigenvalue weighted by Gasteiger charge is -2.18. The van der Waals surface area contributed by atoms with Crippen LogP contribution in [0.15, 0.2) is 60.7 Å². The zero-order valence-corrected chi connectivity index (χ0v) is 15.3. The Hall–Kier alpha value is -2.22. The summed E-state index contributed by atoms with van der Waals surface area (Å²) in [4.78, 5) is 8.89. The Morgan fingerprint density at radius 2 is 1.04 bits per heavy atom. The maximum Gasteiger partial charge on any atom is 0.152 e. The lowest BCUT2D eigenvalue weighted by molar-refractivity contribution is -0.302. The van der Waals surface area contributed by atoms with E-state index in [9.17, 15) is 0 Å². The Morgan fingerprint density at radius 1 is 0.826 bits per heavy atom. The molecule has 0 N–H and O–H groups in total. The Labute approximate surface area is 142 Å². The molecule has 2 rings (SSSR count). The molecule has 0 aliphatic rings. The summed E-state index contributed by atoms with van der Waals surface area (Å²) in [6.07, 6.45) is 0. The van der Waals surface area contributed by atoms with Gasteiger partial charge in [-0.2, -0.15) is 0 Å². The molecule has 0 amide bonds. The highest BCUT2D eigenvalue weighted by atomic mass is 16.4. The maximum absolute atomic E-state index is 8.89. The molecule has 2 aromatic rings. The van der Waals surface area contributed by atoms with Crippen molar-refractivity contribution >= 4 is 5.97 Å². The molecule has 0 atom stereocenters. The Balaban J connectivity index is 0. The minimum atomic E-state index is -1.08. The van der Waals surface area contributed by atoms with Crippen molar-refractivity contribution in [2.45, 2.75) is 47.0 Å². The van der Waals surface area contributed by atoms with Gasteiger partial charge in [0.25, 0.3) is 0 Å². The van der Waals surface area contributed by atoms with E-state index in [2.05, 4.69) is 62.4 Å². The summed E-state index contributed by atoms with van der Waals surface area (Å²) in [5.74, 6) is -1.08. The molecule has 0 aliphatic heterocycles. The predicted molar refractivity (Wildman–Crippen MR) is 98.1 cm³/mol. The van der Waals surface area contributed by atoms with Gasteiger partial charge in [-0.1, -0.05) is 88.4 Å². The molecule has 0 radical (unpaired) electrons. The van der Waals surface area contributed by atoms with E-state index in [0.29, 0.717) is 0 Å². The van der Waals surface area contributed by atoms with Gasteiger partial charge in [0.15, 0.2) is 5.41 Å².